The number of rotatable bonds is 5. The molecule has 0 saturated carbocycles. The highest BCUT2D eigenvalue weighted by Gasteiger charge is 2.12. The third-order valence-electron chi connectivity index (χ3n) is 3.13. The first kappa shape index (κ1) is 17.4. The number of nitriles is 1. The van der Waals surface area contributed by atoms with Crippen LogP contribution >= 0.6 is 11.8 Å². The van der Waals surface area contributed by atoms with Gasteiger partial charge < -0.3 is 5.32 Å². The van der Waals surface area contributed by atoms with Crippen LogP contribution in [0.4, 0.5) is 11.4 Å². The first-order valence-corrected chi connectivity index (χ1v) is 7.94. The number of nitrogens with zero attached hydrogens (tertiary/aromatic N) is 3. The second-order valence-corrected chi connectivity index (χ2v) is 5.98. The van der Waals surface area contributed by atoms with Gasteiger partial charge in [-0.15, -0.1) is 0 Å². The number of aryl methyl sites for hydroxylation is 2. The first-order valence-electron chi connectivity index (χ1n) is 6.96. The van der Waals surface area contributed by atoms with Crippen LogP contribution in [0.25, 0.3) is 0 Å². The van der Waals surface area contributed by atoms with Gasteiger partial charge in [0.15, 0.2) is 0 Å². The summed E-state index contributed by atoms with van der Waals surface area (Å²) in [6.07, 6.45) is 0. The standard InChI is InChI=1S/C16H14N4O3S/c1-10-7-11(2)18-16(14(10)8-17)24-9-15(21)19-12-3-5-13(6-4-12)20(22)23/h3-7H,9H2,1-2H3,(H,19,21). The fraction of sp³-hybridized carbons (Fsp3) is 0.188. The van der Waals surface area contributed by atoms with Crippen molar-refractivity contribution >= 4 is 29.0 Å². The van der Waals surface area contributed by atoms with E-state index in [4.69, 9.17) is 0 Å². The molecule has 8 heteroatoms. The van der Waals surface area contributed by atoms with Gasteiger partial charge in [0.05, 0.1) is 16.2 Å². The minimum Gasteiger partial charge on any atom is -0.325 e. The van der Waals surface area contributed by atoms with Crippen LogP contribution in [0, 0.1) is 35.3 Å². The highest BCUT2D eigenvalue weighted by atomic mass is 32.2. The largest absolute Gasteiger partial charge is 0.325 e. The van der Waals surface area contributed by atoms with E-state index in [1.807, 2.05) is 19.9 Å². The molecular weight excluding hydrogens is 328 g/mol. The molecule has 0 bridgehead atoms. The van der Waals surface area contributed by atoms with Gasteiger partial charge in [0.1, 0.15) is 11.1 Å². The summed E-state index contributed by atoms with van der Waals surface area (Å²) in [5.41, 5.74) is 2.50. The molecule has 1 heterocycles. The summed E-state index contributed by atoms with van der Waals surface area (Å²) in [4.78, 5) is 26.4. The summed E-state index contributed by atoms with van der Waals surface area (Å²) in [5, 5.41) is 23.0. The zero-order chi connectivity index (χ0) is 17.7. The average molecular weight is 342 g/mol. The molecule has 1 amide bonds. The normalized spacial score (nSPS) is 10.0. The van der Waals surface area contributed by atoms with Gasteiger partial charge in [-0.3, -0.25) is 14.9 Å². The lowest BCUT2D eigenvalue weighted by Gasteiger charge is -2.08. The first-order chi connectivity index (χ1) is 11.4. The molecule has 0 fully saturated rings. The lowest BCUT2D eigenvalue weighted by Crippen LogP contribution is -2.14. The number of pyridine rings is 1. The Bertz CT molecular complexity index is 828. The van der Waals surface area contributed by atoms with Crippen molar-refractivity contribution in [3.05, 3.63) is 57.3 Å². The molecule has 2 aromatic rings. The van der Waals surface area contributed by atoms with Crippen LogP contribution in [0.5, 0.6) is 0 Å². The third kappa shape index (κ3) is 4.30. The van der Waals surface area contributed by atoms with E-state index in [0.717, 1.165) is 11.3 Å². The summed E-state index contributed by atoms with van der Waals surface area (Å²) in [5.74, 6) is -0.194. The van der Waals surface area contributed by atoms with E-state index in [-0.39, 0.29) is 17.3 Å². The van der Waals surface area contributed by atoms with Gasteiger partial charge >= 0.3 is 0 Å². The molecular formula is C16H14N4O3S. The van der Waals surface area contributed by atoms with Gasteiger partial charge in [0, 0.05) is 23.5 Å². The predicted molar refractivity (Wildman–Crippen MR) is 90.9 cm³/mol. The molecule has 0 spiro atoms. The van der Waals surface area contributed by atoms with E-state index in [1.165, 1.54) is 36.0 Å². The Balaban J connectivity index is 2.01. The average Bonchev–Trinajstić information content (AvgIpc) is 2.53. The molecule has 0 radical (unpaired) electrons. The number of hydrogen-bond acceptors (Lipinski definition) is 6. The minimum absolute atomic E-state index is 0.0412. The van der Waals surface area contributed by atoms with Crippen LogP contribution in [0.2, 0.25) is 0 Å². The van der Waals surface area contributed by atoms with Gasteiger partial charge in [0.2, 0.25) is 5.91 Å². The summed E-state index contributed by atoms with van der Waals surface area (Å²) < 4.78 is 0. The molecule has 0 aliphatic heterocycles. The number of nitro groups is 1. The molecule has 0 atom stereocenters. The Morgan fingerprint density at radius 1 is 1.38 bits per heavy atom. The molecule has 2 rings (SSSR count). The number of thioether (sulfide) groups is 1. The van der Waals surface area contributed by atoms with E-state index >= 15 is 0 Å². The van der Waals surface area contributed by atoms with Crippen LogP contribution in [0.1, 0.15) is 16.8 Å². The molecule has 1 aromatic carbocycles. The van der Waals surface area contributed by atoms with Crippen molar-refractivity contribution in [2.45, 2.75) is 18.9 Å². The van der Waals surface area contributed by atoms with E-state index in [1.54, 1.807) is 0 Å². The number of nitrogens with one attached hydrogen (secondary N) is 1. The summed E-state index contributed by atoms with van der Waals surface area (Å²) >= 11 is 1.18. The Morgan fingerprint density at radius 3 is 2.62 bits per heavy atom. The highest BCUT2D eigenvalue weighted by Crippen LogP contribution is 2.24. The van der Waals surface area contributed by atoms with E-state index < -0.39 is 4.92 Å². The van der Waals surface area contributed by atoms with Crippen molar-refractivity contribution in [3.63, 3.8) is 0 Å². The lowest BCUT2D eigenvalue weighted by molar-refractivity contribution is -0.384. The molecule has 0 aliphatic rings. The van der Waals surface area contributed by atoms with Crippen molar-refractivity contribution in [1.29, 1.82) is 5.26 Å². The fourth-order valence-electron chi connectivity index (χ4n) is 2.04. The van der Waals surface area contributed by atoms with E-state index in [2.05, 4.69) is 16.4 Å². The maximum Gasteiger partial charge on any atom is 0.269 e. The Hall–Kier alpha value is -2.92. The molecule has 0 aliphatic carbocycles. The smallest absolute Gasteiger partial charge is 0.269 e. The topological polar surface area (TPSA) is 109 Å². The fourth-order valence-corrected chi connectivity index (χ4v) is 2.94. The van der Waals surface area contributed by atoms with Crippen molar-refractivity contribution in [3.8, 4) is 6.07 Å². The van der Waals surface area contributed by atoms with Crippen molar-refractivity contribution in [1.82, 2.24) is 4.98 Å². The minimum atomic E-state index is -0.503. The van der Waals surface area contributed by atoms with Crippen LogP contribution in [0.15, 0.2) is 35.4 Å². The monoisotopic (exact) mass is 342 g/mol. The van der Waals surface area contributed by atoms with Crippen LogP contribution in [-0.2, 0) is 4.79 Å². The second kappa shape index (κ2) is 7.57. The summed E-state index contributed by atoms with van der Waals surface area (Å²) in [6, 6.07) is 9.50. The Morgan fingerprint density at radius 2 is 2.04 bits per heavy atom. The molecule has 1 N–H and O–H groups in total. The summed E-state index contributed by atoms with van der Waals surface area (Å²) in [6.45, 7) is 3.66. The van der Waals surface area contributed by atoms with Crippen molar-refractivity contribution in [2.24, 2.45) is 0 Å². The zero-order valence-corrected chi connectivity index (χ0v) is 13.9. The van der Waals surface area contributed by atoms with Gasteiger partial charge in [-0.2, -0.15) is 5.26 Å². The second-order valence-electron chi connectivity index (χ2n) is 5.01. The number of hydrogen-bond donors (Lipinski definition) is 1. The highest BCUT2D eigenvalue weighted by molar-refractivity contribution is 8.00. The Kier molecular flexibility index (Phi) is 5.50. The number of amides is 1. The molecule has 1 aromatic heterocycles. The number of aromatic nitrogens is 1. The number of nitro benzene ring substituents is 1. The van der Waals surface area contributed by atoms with Crippen molar-refractivity contribution in [2.75, 3.05) is 11.1 Å². The molecule has 7 nitrogen and oxygen atoms in total. The zero-order valence-electron chi connectivity index (χ0n) is 13.1. The molecule has 0 saturated heterocycles. The van der Waals surface area contributed by atoms with Crippen LogP contribution < -0.4 is 5.32 Å². The van der Waals surface area contributed by atoms with Gasteiger partial charge in [-0.1, -0.05) is 11.8 Å². The number of benzene rings is 1. The predicted octanol–water partition coefficient (Wildman–Crippen LogP) is 3.21. The van der Waals surface area contributed by atoms with Crippen LogP contribution in [-0.4, -0.2) is 21.6 Å². The number of anilines is 1. The third-order valence-corrected chi connectivity index (χ3v) is 4.10. The molecule has 122 valence electrons. The van der Waals surface area contributed by atoms with Crippen LogP contribution in [0.3, 0.4) is 0 Å². The maximum atomic E-state index is 12.0. The quantitative estimate of drug-likeness (QED) is 0.507. The number of carbonyl (C=O) groups is 1. The summed E-state index contributed by atoms with van der Waals surface area (Å²) in [7, 11) is 0. The van der Waals surface area contributed by atoms with E-state index in [9.17, 15) is 20.2 Å². The van der Waals surface area contributed by atoms with Crippen molar-refractivity contribution < 1.29 is 9.72 Å². The molecule has 0 unspecified atom stereocenters. The SMILES string of the molecule is Cc1cc(C)c(C#N)c(SCC(=O)Nc2ccc([N+](=O)[O-])cc2)n1. The molecule has 24 heavy (non-hydrogen) atoms. The maximum absolute atomic E-state index is 12.0. The number of non-ortho nitro benzene ring substituents is 1. The van der Waals surface area contributed by atoms with E-state index in [0.29, 0.717) is 16.3 Å². The van der Waals surface area contributed by atoms with Gasteiger partial charge in [0.25, 0.3) is 5.69 Å². The lowest BCUT2D eigenvalue weighted by atomic mass is 10.1. The number of carbonyl (C=O) groups excluding carboxylic acids is 1. The van der Waals surface area contributed by atoms with Gasteiger partial charge in [-0.05, 0) is 37.6 Å². The Labute approximate surface area is 142 Å². The van der Waals surface area contributed by atoms with Gasteiger partial charge in [-0.25, -0.2) is 4.98 Å².